The topological polar surface area (TPSA) is 37.4 Å². The van der Waals surface area contributed by atoms with Crippen molar-refractivity contribution in [3.63, 3.8) is 0 Å². The lowest BCUT2D eigenvalue weighted by atomic mass is 9.93. The third kappa shape index (κ3) is 1.51. The number of carbonyl (C=O) groups excluding carboxylic acids is 2. The SMILES string of the molecule is O=C1c2ccccc2C(=O)N1C1CCCc2sccc21. The van der Waals surface area contributed by atoms with E-state index in [1.165, 1.54) is 9.78 Å². The van der Waals surface area contributed by atoms with Crippen LogP contribution in [0.1, 0.15) is 50.0 Å². The van der Waals surface area contributed by atoms with Crippen LogP contribution in [-0.4, -0.2) is 16.7 Å². The van der Waals surface area contributed by atoms with Crippen molar-refractivity contribution in [2.24, 2.45) is 0 Å². The largest absolute Gasteiger partial charge is 0.269 e. The van der Waals surface area contributed by atoms with Crippen LogP contribution in [0.3, 0.4) is 0 Å². The summed E-state index contributed by atoms with van der Waals surface area (Å²) in [4.78, 5) is 27.9. The van der Waals surface area contributed by atoms with E-state index in [2.05, 4.69) is 11.4 Å². The zero-order chi connectivity index (χ0) is 13.7. The summed E-state index contributed by atoms with van der Waals surface area (Å²) in [6, 6.07) is 9.08. The molecule has 0 fully saturated rings. The number of hydrogen-bond acceptors (Lipinski definition) is 3. The van der Waals surface area contributed by atoms with Crippen LogP contribution >= 0.6 is 11.3 Å². The Bertz CT molecular complexity index is 684. The molecule has 1 unspecified atom stereocenters. The molecule has 4 rings (SSSR count). The first-order valence-corrected chi connectivity index (χ1v) is 7.68. The summed E-state index contributed by atoms with van der Waals surface area (Å²) in [5.41, 5.74) is 2.25. The summed E-state index contributed by atoms with van der Waals surface area (Å²) in [6.07, 6.45) is 2.97. The number of imide groups is 1. The molecule has 1 aliphatic heterocycles. The molecule has 1 aromatic carbocycles. The molecule has 1 aromatic heterocycles. The molecule has 0 bridgehead atoms. The molecule has 2 amide bonds. The molecule has 0 radical (unpaired) electrons. The fourth-order valence-corrected chi connectivity index (χ4v) is 4.20. The van der Waals surface area contributed by atoms with Crippen LogP contribution in [0.5, 0.6) is 0 Å². The first kappa shape index (κ1) is 11.9. The molecule has 0 saturated carbocycles. The van der Waals surface area contributed by atoms with Gasteiger partial charge in [-0.3, -0.25) is 14.5 Å². The maximum Gasteiger partial charge on any atom is 0.262 e. The molecule has 2 aromatic rings. The van der Waals surface area contributed by atoms with E-state index in [9.17, 15) is 9.59 Å². The van der Waals surface area contributed by atoms with E-state index >= 15 is 0 Å². The Hall–Kier alpha value is -1.94. The second-order valence-electron chi connectivity index (χ2n) is 5.23. The molecule has 20 heavy (non-hydrogen) atoms. The fourth-order valence-electron chi connectivity index (χ4n) is 3.22. The highest BCUT2D eigenvalue weighted by Crippen LogP contribution is 2.40. The summed E-state index contributed by atoms with van der Waals surface area (Å²) in [7, 11) is 0. The van der Waals surface area contributed by atoms with Gasteiger partial charge in [0, 0.05) is 4.88 Å². The number of benzene rings is 1. The smallest absolute Gasteiger partial charge is 0.262 e. The standard InChI is InChI=1S/C16H13NO2S/c18-15-10-4-1-2-5-11(10)16(19)17(15)13-6-3-7-14-12(13)8-9-20-14/h1-2,4-5,8-9,13H,3,6-7H2. The van der Waals surface area contributed by atoms with Gasteiger partial charge in [0.15, 0.2) is 0 Å². The van der Waals surface area contributed by atoms with E-state index in [-0.39, 0.29) is 17.9 Å². The minimum atomic E-state index is -0.144. The third-order valence-electron chi connectivity index (χ3n) is 4.16. The number of nitrogens with zero attached hydrogens (tertiary/aromatic N) is 1. The highest BCUT2D eigenvalue weighted by molar-refractivity contribution is 7.10. The molecule has 3 nitrogen and oxygen atoms in total. The lowest BCUT2D eigenvalue weighted by Gasteiger charge is -2.29. The highest BCUT2D eigenvalue weighted by atomic mass is 32.1. The third-order valence-corrected chi connectivity index (χ3v) is 5.15. The van der Waals surface area contributed by atoms with Gasteiger partial charge in [-0.1, -0.05) is 12.1 Å². The van der Waals surface area contributed by atoms with Crippen LogP contribution in [0.2, 0.25) is 0 Å². The van der Waals surface area contributed by atoms with E-state index in [1.54, 1.807) is 23.5 Å². The van der Waals surface area contributed by atoms with Gasteiger partial charge in [-0.05, 0) is 48.4 Å². The van der Waals surface area contributed by atoms with Gasteiger partial charge in [0.25, 0.3) is 11.8 Å². The first-order valence-electron chi connectivity index (χ1n) is 6.80. The van der Waals surface area contributed by atoms with Crippen molar-refractivity contribution in [3.8, 4) is 0 Å². The quantitative estimate of drug-likeness (QED) is 0.752. The lowest BCUT2D eigenvalue weighted by Crippen LogP contribution is -2.35. The number of carbonyl (C=O) groups is 2. The summed E-state index contributed by atoms with van der Waals surface area (Å²) < 4.78 is 0. The minimum absolute atomic E-state index is 0.0857. The number of aryl methyl sites for hydroxylation is 1. The Morgan fingerprint density at radius 2 is 1.75 bits per heavy atom. The van der Waals surface area contributed by atoms with Crippen molar-refractivity contribution in [1.29, 1.82) is 0 Å². The maximum absolute atomic E-state index is 12.5. The molecule has 1 aliphatic carbocycles. The van der Waals surface area contributed by atoms with E-state index < -0.39 is 0 Å². The number of amides is 2. The van der Waals surface area contributed by atoms with E-state index in [1.807, 2.05) is 12.1 Å². The zero-order valence-electron chi connectivity index (χ0n) is 10.8. The Labute approximate surface area is 120 Å². The number of rotatable bonds is 1. The Kier molecular flexibility index (Phi) is 2.54. The Morgan fingerprint density at radius 1 is 1.05 bits per heavy atom. The number of hydrogen-bond donors (Lipinski definition) is 0. The summed E-state index contributed by atoms with van der Waals surface area (Å²) >= 11 is 1.72. The molecule has 100 valence electrons. The van der Waals surface area contributed by atoms with Gasteiger partial charge in [-0.25, -0.2) is 0 Å². The Balaban J connectivity index is 1.80. The van der Waals surface area contributed by atoms with Crippen LogP contribution in [0.15, 0.2) is 35.7 Å². The van der Waals surface area contributed by atoms with E-state index in [4.69, 9.17) is 0 Å². The zero-order valence-corrected chi connectivity index (χ0v) is 11.7. The van der Waals surface area contributed by atoms with Gasteiger partial charge < -0.3 is 0 Å². The molecule has 0 spiro atoms. The van der Waals surface area contributed by atoms with Crippen molar-refractivity contribution in [1.82, 2.24) is 4.90 Å². The monoisotopic (exact) mass is 283 g/mol. The molecular formula is C16H13NO2S. The van der Waals surface area contributed by atoms with E-state index in [0.717, 1.165) is 24.8 Å². The average Bonchev–Trinajstić information content (AvgIpc) is 3.04. The second-order valence-corrected chi connectivity index (χ2v) is 6.23. The van der Waals surface area contributed by atoms with Crippen LogP contribution < -0.4 is 0 Å². The molecule has 2 aliphatic rings. The second kappa shape index (κ2) is 4.28. The van der Waals surface area contributed by atoms with Crippen molar-refractivity contribution >= 4 is 23.2 Å². The van der Waals surface area contributed by atoms with Crippen LogP contribution in [0, 0.1) is 0 Å². The Morgan fingerprint density at radius 3 is 2.45 bits per heavy atom. The van der Waals surface area contributed by atoms with Crippen LogP contribution in [0.4, 0.5) is 0 Å². The molecule has 0 N–H and O–H groups in total. The summed E-state index contributed by atoms with van der Waals surface area (Å²) in [5.74, 6) is -0.288. The highest BCUT2D eigenvalue weighted by Gasteiger charge is 2.41. The summed E-state index contributed by atoms with van der Waals surface area (Å²) in [6.45, 7) is 0. The van der Waals surface area contributed by atoms with Crippen LogP contribution in [-0.2, 0) is 6.42 Å². The normalized spacial score (nSPS) is 21.0. The van der Waals surface area contributed by atoms with Gasteiger partial charge in [0.05, 0.1) is 17.2 Å². The predicted molar refractivity (Wildman–Crippen MR) is 76.9 cm³/mol. The van der Waals surface area contributed by atoms with Crippen LogP contribution in [0.25, 0.3) is 0 Å². The maximum atomic E-state index is 12.5. The molecule has 2 heterocycles. The molecular weight excluding hydrogens is 270 g/mol. The van der Waals surface area contributed by atoms with Gasteiger partial charge in [-0.2, -0.15) is 0 Å². The van der Waals surface area contributed by atoms with E-state index in [0.29, 0.717) is 11.1 Å². The van der Waals surface area contributed by atoms with Gasteiger partial charge in [-0.15, -0.1) is 11.3 Å². The fraction of sp³-hybridized carbons (Fsp3) is 0.250. The van der Waals surface area contributed by atoms with Gasteiger partial charge >= 0.3 is 0 Å². The van der Waals surface area contributed by atoms with Crippen molar-refractivity contribution in [2.75, 3.05) is 0 Å². The van der Waals surface area contributed by atoms with Crippen molar-refractivity contribution < 1.29 is 9.59 Å². The number of fused-ring (bicyclic) bond motifs is 2. The molecule has 4 heteroatoms. The average molecular weight is 283 g/mol. The predicted octanol–water partition coefficient (Wildman–Crippen LogP) is 3.42. The first-order chi connectivity index (χ1) is 9.77. The van der Waals surface area contributed by atoms with Gasteiger partial charge in [0.1, 0.15) is 0 Å². The summed E-state index contributed by atoms with van der Waals surface area (Å²) in [5, 5.41) is 2.06. The molecule has 0 saturated heterocycles. The minimum Gasteiger partial charge on any atom is -0.269 e. The van der Waals surface area contributed by atoms with Gasteiger partial charge in [0.2, 0.25) is 0 Å². The van der Waals surface area contributed by atoms with Crippen molar-refractivity contribution in [2.45, 2.75) is 25.3 Å². The lowest BCUT2D eigenvalue weighted by molar-refractivity contribution is 0.0567. The van der Waals surface area contributed by atoms with Crippen molar-refractivity contribution in [3.05, 3.63) is 57.3 Å². The molecule has 1 atom stereocenters. The number of thiophene rings is 1.